The highest BCUT2D eigenvalue weighted by atomic mass is 32.1. The quantitative estimate of drug-likeness (QED) is 0.524. The zero-order valence-electron chi connectivity index (χ0n) is 17.0. The summed E-state index contributed by atoms with van der Waals surface area (Å²) in [4.78, 5) is 32.1. The number of amides is 1. The molecule has 4 aromatic rings. The average molecular weight is 431 g/mol. The fourth-order valence-electron chi connectivity index (χ4n) is 3.98. The highest BCUT2D eigenvalue weighted by molar-refractivity contribution is 7.11. The van der Waals surface area contributed by atoms with E-state index in [1.807, 2.05) is 24.3 Å². The molecule has 1 aliphatic carbocycles. The molecule has 0 saturated heterocycles. The number of hydrogen-bond donors (Lipinski definition) is 1. The minimum absolute atomic E-state index is 0.244. The molecular weight excluding hydrogens is 408 g/mol. The molecule has 0 radical (unpaired) electrons. The number of thiazole rings is 1. The highest BCUT2D eigenvalue weighted by Crippen LogP contribution is 2.26. The molecule has 1 N–H and O–H groups in total. The summed E-state index contributed by atoms with van der Waals surface area (Å²) in [6.07, 6.45) is 5.33. The standard InChI is InChI=1S/C24H22N4O2S/c29-23(25-15-14-21-26-19-12-6-7-13-20(19)31-21)22-17-10-4-5-11-18(17)24(30)28(27-22)16-8-2-1-3-9-16/h1-5,8-11H,6-7,12-15H2,(H,25,29). The van der Waals surface area contributed by atoms with Crippen LogP contribution in [0.4, 0.5) is 0 Å². The number of fused-ring (bicyclic) bond motifs is 2. The topological polar surface area (TPSA) is 76.9 Å². The summed E-state index contributed by atoms with van der Waals surface area (Å²) in [5.41, 5.74) is 1.87. The van der Waals surface area contributed by atoms with Crippen molar-refractivity contribution in [1.29, 1.82) is 0 Å². The summed E-state index contributed by atoms with van der Waals surface area (Å²) < 4.78 is 1.30. The molecule has 2 aromatic heterocycles. The monoisotopic (exact) mass is 430 g/mol. The number of carbonyl (C=O) groups excluding carboxylic acids is 1. The van der Waals surface area contributed by atoms with Gasteiger partial charge >= 0.3 is 0 Å². The lowest BCUT2D eigenvalue weighted by Crippen LogP contribution is -2.31. The van der Waals surface area contributed by atoms with E-state index in [2.05, 4.69) is 10.4 Å². The lowest BCUT2D eigenvalue weighted by atomic mass is 10.0. The smallest absolute Gasteiger partial charge is 0.279 e. The first-order valence-electron chi connectivity index (χ1n) is 10.5. The van der Waals surface area contributed by atoms with Gasteiger partial charge in [0.1, 0.15) is 0 Å². The van der Waals surface area contributed by atoms with Crippen molar-refractivity contribution in [3.8, 4) is 5.69 Å². The average Bonchev–Trinajstić information content (AvgIpc) is 3.23. The SMILES string of the molecule is O=C(NCCc1nc2c(s1)CCCC2)c1nn(-c2ccccc2)c(=O)c2ccccc12. The van der Waals surface area contributed by atoms with Gasteiger partial charge in [-0.15, -0.1) is 11.3 Å². The van der Waals surface area contributed by atoms with Gasteiger partial charge in [0.05, 0.1) is 21.8 Å². The van der Waals surface area contributed by atoms with E-state index in [-0.39, 0.29) is 17.2 Å². The summed E-state index contributed by atoms with van der Waals surface area (Å²) in [5, 5.41) is 9.49. The Morgan fingerprint density at radius 2 is 1.74 bits per heavy atom. The van der Waals surface area contributed by atoms with E-state index >= 15 is 0 Å². The zero-order valence-corrected chi connectivity index (χ0v) is 17.8. The maximum Gasteiger partial charge on any atom is 0.279 e. The minimum atomic E-state index is -0.290. The molecule has 156 valence electrons. The molecule has 0 unspecified atom stereocenters. The molecule has 0 bridgehead atoms. The Kier molecular flexibility index (Phi) is 5.34. The van der Waals surface area contributed by atoms with Crippen LogP contribution in [-0.2, 0) is 19.3 Å². The minimum Gasteiger partial charge on any atom is -0.350 e. The number of benzene rings is 2. The van der Waals surface area contributed by atoms with Crippen LogP contribution in [0.1, 0.15) is 38.9 Å². The molecule has 2 heterocycles. The van der Waals surface area contributed by atoms with Gasteiger partial charge in [0, 0.05) is 23.2 Å². The molecule has 0 aliphatic heterocycles. The number of aryl methyl sites for hydroxylation is 2. The Bertz CT molecular complexity index is 1290. The zero-order chi connectivity index (χ0) is 21.2. The van der Waals surface area contributed by atoms with Gasteiger partial charge in [-0.1, -0.05) is 36.4 Å². The number of nitrogens with one attached hydrogen (secondary N) is 1. The van der Waals surface area contributed by atoms with E-state index in [0.29, 0.717) is 29.4 Å². The number of hydrogen-bond acceptors (Lipinski definition) is 5. The number of nitrogens with zero attached hydrogens (tertiary/aromatic N) is 3. The maximum absolute atomic E-state index is 13.0. The Morgan fingerprint density at radius 3 is 2.55 bits per heavy atom. The third-order valence-corrected chi connectivity index (χ3v) is 6.75. The number of rotatable bonds is 5. The van der Waals surface area contributed by atoms with E-state index < -0.39 is 0 Å². The maximum atomic E-state index is 13.0. The van der Waals surface area contributed by atoms with Gasteiger partial charge in [0.15, 0.2) is 5.69 Å². The number of carbonyl (C=O) groups is 1. The Balaban J connectivity index is 1.41. The summed E-state index contributed by atoms with van der Waals surface area (Å²) >= 11 is 1.76. The van der Waals surface area contributed by atoms with Gasteiger partial charge < -0.3 is 5.32 Å². The molecule has 6 nitrogen and oxygen atoms in total. The summed E-state index contributed by atoms with van der Waals surface area (Å²) in [6.45, 7) is 0.478. The predicted molar refractivity (Wildman–Crippen MR) is 122 cm³/mol. The van der Waals surface area contributed by atoms with Crippen LogP contribution in [0, 0.1) is 0 Å². The summed E-state index contributed by atoms with van der Waals surface area (Å²) in [7, 11) is 0. The summed E-state index contributed by atoms with van der Waals surface area (Å²) in [5.74, 6) is -0.290. The Labute approximate surface area is 183 Å². The molecule has 0 spiro atoms. The van der Waals surface area contributed by atoms with Gasteiger partial charge in [-0.3, -0.25) is 9.59 Å². The second-order valence-electron chi connectivity index (χ2n) is 7.64. The first kappa shape index (κ1) is 19.6. The largest absolute Gasteiger partial charge is 0.350 e. The molecule has 31 heavy (non-hydrogen) atoms. The lowest BCUT2D eigenvalue weighted by molar-refractivity contribution is 0.0949. The lowest BCUT2D eigenvalue weighted by Gasteiger charge is -2.11. The van der Waals surface area contributed by atoms with Crippen LogP contribution in [0.15, 0.2) is 59.4 Å². The van der Waals surface area contributed by atoms with E-state index in [4.69, 9.17) is 4.98 Å². The van der Waals surface area contributed by atoms with Crippen molar-refractivity contribution in [2.45, 2.75) is 32.1 Å². The normalized spacial score (nSPS) is 13.2. The first-order valence-corrected chi connectivity index (χ1v) is 11.4. The van der Waals surface area contributed by atoms with Crippen molar-refractivity contribution >= 4 is 28.0 Å². The molecule has 0 atom stereocenters. The van der Waals surface area contributed by atoms with Crippen LogP contribution in [-0.4, -0.2) is 27.2 Å². The highest BCUT2D eigenvalue weighted by Gasteiger charge is 2.18. The summed E-state index contributed by atoms with van der Waals surface area (Å²) in [6, 6.07) is 16.3. The molecular formula is C24H22N4O2S. The van der Waals surface area contributed by atoms with E-state index in [0.717, 1.165) is 17.8 Å². The van der Waals surface area contributed by atoms with Crippen LogP contribution in [0.2, 0.25) is 0 Å². The van der Waals surface area contributed by atoms with Crippen molar-refractivity contribution in [2.75, 3.05) is 6.54 Å². The predicted octanol–water partition coefficient (Wildman–Crippen LogP) is 3.69. The first-order chi connectivity index (χ1) is 15.2. The van der Waals surface area contributed by atoms with Crippen molar-refractivity contribution in [2.24, 2.45) is 0 Å². The van der Waals surface area contributed by atoms with Crippen molar-refractivity contribution < 1.29 is 4.79 Å². The van der Waals surface area contributed by atoms with E-state index in [1.54, 1.807) is 41.7 Å². The van der Waals surface area contributed by atoms with Gasteiger partial charge in [-0.2, -0.15) is 9.78 Å². The third-order valence-electron chi connectivity index (χ3n) is 5.54. The van der Waals surface area contributed by atoms with E-state index in [9.17, 15) is 9.59 Å². The van der Waals surface area contributed by atoms with Gasteiger partial charge in [0.2, 0.25) is 0 Å². The van der Waals surface area contributed by atoms with Crippen molar-refractivity contribution in [1.82, 2.24) is 20.1 Å². The van der Waals surface area contributed by atoms with Crippen LogP contribution >= 0.6 is 11.3 Å². The van der Waals surface area contributed by atoms with Gasteiger partial charge in [0.25, 0.3) is 11.5 Å². The van der Waals surface area contributed by atoms with Crippen LogP contribution in [0.25, 0.3) is 16.5 Å². The van der Waals surface area contributed by atoms with Gasteiger partial charge in [-0.25, -0.2) is 4.98 Å². The van der Waals surface area contributed by atoms with Crippen molar-refractivity contribution in [3.63, 3.8) is 0 Å². The molecule has 1 aliphatic rings. The second kappa shape index (κ2) is 8.43. The van der Waals surface area contributed by atoms with Gasteiger partial charge in [-0.05, 0) is 43.9 Å². The Morgan fingerprint density at radius 1 is 1.00 bits per heavy atom. The Hall–Kier alpha value is -3.32. The van der Waals surface area contributed by atoms with Crippen LogP contribution in [0.3, 0.4) is 0 Å². The van der Waals surface area contributed by atoms with Crippen molar-refractivity contribution in [3.05, 3.63) is 86.2 Å². The molecule has 0 fully saturated rings. The van der Waals surface area contributed by atoms with Crippen LogP contribution < -0.4 is 10.9 Å². The van der Waals surface area contributed by atoms with E-state index in [1.165, 1.54) is 28.1 Å². The van der Waals surface area contributed by atoms with Crippen LogP contribution in [0.5, 0.6) is 0 Å². The third kappa shape index (κ3) is 3.88. The molecule has 2 aromatic carbocycles. The second-order valence-corrected chi connectivity index (χ2v) is 8.81. The number of para-hydroxylation sites is 1. The fourth-order valence-corrected chi connectivity index (χ4v) is 5.14. The molecule has 7 heteroatoms. The number of aromatic nitrogens is 3. The molecule has 5 rings (SSSR count). The fraction of sp³-hybridized carbons (Fsp3) is 0.250. The molecule has 1 amide bonds. The molecule has 0 saturated carbocycles.